The van der Waals surface area contributed by atoms with E-state index in [1.165, 1.54) is 24.3 Å². The van der Waals surface area contributed by atoms with Crippen LogP contribution in [0.4, 0.5) is 14.9 Å². The van der Waals surface area contributed by atoms with Gasteiger partial charge in [0.25, 0.3) is 0 Å². The molecule has 0 aliphatic carbocycles. The summed E-state index contributed by atoms with van der Waals surface area (Å²) in [6, 6.07) is 14.6. The molecule has 0 radical (unpaired) electrons. The molecule has 3 aromatic rings. The number of ether oxygens (including phenoxy) is 1. The van der Waals surface area contributed by atoms with Crippen LogP contribution in [0.2, 0.25) is 0 Å². The Labute approximate surface area is 174 Å². The number of carbonyl (C=O) groups excluding carboxylic acids is 1. The van der Waals surface area contributed by atoms with Gasteiger partial charge in [0.2, 0.25) is 0 Å². The lowest BCUT2D eigenvalue weighted by Gasteiger charge is -2.14. The van der Waals surface area contributed by atoms with Crippen molar-refractivity contribution in [2.24, 2.45) is 0 Å². The van der Waals surface area contributed by atoms with E-state index in [-0.39, 0.29) is 19.0 Å². The third-order valence-corrected chi connectivity index (χ3v) is 4.37. The fraction of sp³-hybridized carbons (Fsp3) is 0.273. The van der Waals surface area contributed by atoms with Gasteiger partial charge < -0.3 is 20.5 Å². The Kier molecular flexibility index (Phi) is 7.03. The molecule has 0 aliphatic heterocycles. The summed E-state index contributed by atoms with van der Waals surface area (Å²) in [4.78, 5) is 12.1. The van der Waals surface area contributed by atoms with Gasteiger partial charge in [-0.25, -0.2) is 9.18 Å². The molecule has 0 aliphatic rings. The first-order chi connectivity index (χ1) is 14.4. The van der Waals surface area contributed by atoms with Gasteiger partial charge in [0, 0.05) is 17.9 Å². The highest BCUT2D eigenvalue weighted by Crippen LogP contribution is 2.14. The minimum Gasteiger partial charge on any atom is -0.491 e. The van der Waals surface area contributed by atoms with E-state index in [0.717, 1.165) is 17.0 Å². The fourth-order valence-corrected chi connectivity index (χ4v) is 2.92. The van der Waals surface area contributed by atoms with Crippen molar-refractivity contribution in [2.45, 2.75) is 26.5 Å². The molecule has 7 nitrogen and oxygen atoms in total. The molecular formula is C22H25FN4O3. The maximum atomic E-state index is 12.9. The zero-order valence-corrected chi connectivity index (χ0v) is 16.9. The molecule has 8 heteroatoms. The molecule has 3 N–H and O–H groups in total. The average Bonchev–Trinajstić information content (AvgIpc) is 3.03. The Morgan fingerprint density at radius 2 is 1.97 bits per heavy atom. The van der Waals surface area contributed by atoms with E-state index >= 15 is 0 Å². The van der Waals surface area contributed by atoms with Gasteiger partial charge in [0.15, 0.2) is 0 Å². The molecule has 158 valence electrons. The molecule has 1 heterocycles. The molecule has 30 heavy (non-hydrogen) atoms. The van der Waals surface area contributed by atoms with Crippen molar-refractivity contribution in [1.82, 2.24) is 15.1 Å². The largest absolute Gasteiger partial charge is 0.491 e. The zero-order chi connectivity index (χ0) is 21.5. The predicted octanol–water partition coefficient (Wildman–Crippen LogP) is 3.25. The summed E-state index contributed by atoms with van der Waals surface area (Å²) in [5.41, 5.74) is 3.68. The number of hydrogen-bond acceptors (Lipinski definition) is 4. The van der Waals surface area contributed by atoms with E-state index in [9.17, 15) is 14.3 Å². The Morgan fingerprint density at radius 1 is 1.20 bits per heavy atom. The summed E-state index contributed by atoms with van der Waals surface area (Å²) in [6.07, 6.45) is -0.904. The second-order valence-corrected chi connectivity index (χ2v) is 7.04. The molecule has 0 saturated heterocycles. The number of carbonyl (C=O) groups is 1. The van der Waals surface area contributed by atoms with Crippen LogP contribution in [-0.2, 0) is 6.54 Å². The van der Waals surface area contributed by atoms with Gasteiger partial charge in [0.1, 0.15) is 24.3 Å². The summed E-state index contributed by atoms with van der Waals surface area (Å²) < 4.78 is 20.1. The van der Waals surface area contributed by atoms with E-state index in [4.69, 9.17) is 4.74 Å². The van der Waals surface area contributed by atoms with Crippen LogP contribution < -0.4 is 15.4 Å². The summed E-state index contributed by atoms with van der Waals surface area (Å²) in [6.45, 7) is 4.55. The van der Waals surface area contributed by atoms with E-state index in [1.807, 2.05) is 42.8 Å². The second kappa shape index (κ2) is 9.89. The Hall–Kier alpha value is -3.39. The molecule has 3 rings (SSSR count). The number of halogens is 1. The van der Waals surface area contributed by atoms with E-state index in [1.54, 1.807) is 6.07 Å². The number of benzene rings is 2. The van der Waals surface area contributed by atoms with E-state index in [2.05, 4.69) is 15.7 Å². The standard InChI is InChI=1S/C22H25FN4O3/c1-15-10-16(2)27(26-15)13-17-4-3-5-19(11-17)25-22(29)24-12-20(28)14-30-21-8-6-18(23)7-9-21/h3-11,20,28H,12-14H2,1-2H3,(H2,24,25,29). The average molecular weight is 412 g/mol. The van der Waals surface area contributed by atoms with Gasteiger partial charge in [-0.1, -0.05) is 12.1 Å². The minimum absolute atomic E-state index is 0.0124. The molecule has 2 amide bonds. The second-order valence-electron chi connectivity index (χ2n) is 7.04. The molecule has 0 fully saturated rings. The van der Waals surface area contributed by atoms with Crippen LogP contribution in [-0.4, -0.2) is 40.2 Å². The number of aliphatic hydroxyl groups is 1. The molecular weight excluding hydrogens is 387 g/mol. The highest BCUT2D eigenvalue weighted by atomic mass is 19.1. The molecule has 0 saturated carbocycles. The fourth-order valence-electron chi connectivity index (χ4n) is 2.92. The lowest BCUT2D eigenvalue weighted by molar-refractivity contribution is 0.108. The monoisotopic (exact) mass is 412 g/mol. The number of aryl methyl sites for hydroxylation is 2. The van der Waals surface area contributed by atoms with Gasteiger partial charge >= 0.3 is 6.03 Å². The molecule has 1 unspecified atom stereocenters. The third kappa shape index (κ3) is 6.31. The summed E-state index contributed by atoms with van der Waals surface area (Å²) in [5, 5.41) is 19.8. The highest BCUT2D eigenvalue weighted by molar-refractivity contribution is 5.89. The van der Waals surface area contributed by atoms with Gasteiger partial charge in [-0.15, -0.1) is 0 Å². The SMILES string of the molecule is Cc1cc(C)n(Cc2cccc(NC(=O)NCC(O)COc3ccc(F)cc3)c2)n1. The van der Waals surface area contributed by atoms with Crippen LogP contribution in [0.15, 0.2) is 54.6 Å². The van der Waals surface area contributed by atoms with Crippen molar-refractivity contribution in [3.8, 4) is 5.75 Å². The number of aromatic nitrogens is 2. The Balaban J connectivity index is 1.45. The normalized spacial score (nSPS) is 11.7. The summed E-state index contributed by atoms with van der Waals surface area (Å²) in [5.74, 6) is 0.0829. The van der Waals surface area contributed by atoms with Crippen molar-refractivity contribution >= 4 is 11.7 Å². The van der Waals surface area contributed by atoms with Crippen molar-refractivity contribution in [3.63, 3.8) is 0 Å². The predicted molar refractivity (Wildman–Crippen MR) is 112 cm³/mol. The van der Waals surface area contributed by atoms with Gasteiger partial charge in [-0.2, -0.15) is 5.10 Å². The number of nitrogens with one attached hydrogen (secondary N) is 2. The first-order valence-corrected chi connectivity index (χ1v) is 9.60. The molecule has 2 aromatic carbocycles. The van der Waals surface area contributed by atoms with Crippen LogP contribution in [0.1, 0.15) is 17.0 Å². The molecule has 1 atom stereocenters. The van der Waals surface area contributed by atoms with Gasteiger partial charge in [-0.3, -0.25) is 4.68 Å². The van der Waals surface area contributed by atoms with Crippen LogP contribution in [0.25, 0.3) is 0 Å². The van der Waals surface area contributed by atoms with Crippen molar-refractivity contribution in [1.29, 1.82) is 0 Å². The first-order valence-electron chi connectivity index (χ1n) is 9.60. The molecule has 0 bridgehead atoms. The maximum Gasteiger partial charge on any atom is 0.319 e. The molecule has 0 spiro atoms. The van der Waals surface area contributed by atoms with Crippen molar-refractivity contribution in [2.75, 3.05) is 18.5 Å². The van der Waals surface area contributed by atoms with Gasteiger partial charge in [0.05, 0.1) is 12.2 Å². The number of nitrogens with zero attached hydrogens (tertiary/aromatic N) is 2. The van der Waals surface area contributed by atoms with Crippen molar-refractivity contribution < 1.29 is 19.0 Å². The number of urea groups is 1. The van der Waals surface area contributed by atoms with Crippen LogP contribution >= 0.6 is 0 Å². The van der Waals surface area contributed by atoms with E-state index < -0.39 is 12.1 Å². The topological polar surface area (TPSA) is 88.4 Å². The zero-order valence-electron chi connectivity index (χ0n) is 16.9. The molecule has 1 aromatic heterocycles. The quantitative estimate of drug-likeness (QED) is 0.530. The summed E-state index contributed by atoms with van der Waals surface area (Å²) >= 11 is 0. The smallest absolute Gasteiger partial charge is 0.319 e. The van der Waals surface area contributed by atoms with Crippen LogP contribution in [0.3, 0.4) is 0 Å². The van der Waals surface area contributed by atoms with Gasteiger partial charge in [-0.05, 0) is 61.9 Å². The van der Waals surface area contributed by atoms with E-state index in [0.29, 0.717) is 18.0 Å². The lowest BCUT2D eigenvalue weighted by atomic mass is 10.2. The van der Waals surface area contributed by atoms with Crippen molar-refractivity contribution in [3.05, 3.63) is 77.4 Å². The first kappa shape index (κ1) is 21.3. The number of hydrogen-bond donors (Lipinski definition) is 3. The summed E-state index contributed by atoms with van der Waals surface area (Å²) in [7, 11) is 0. The lowest BCUT2D eigenvalue weighted by Crippen LogP contribution is -2.37. The minimum atomic E-state index is -0.904. The van der Waals surface area contributed by atoms with Crippen LogP contribution in [0.5, 0.6) is 5.75 Å². The number of amides is 2. The number of anilines is 1. The Bertz CT molecular complexity index is 988. The third-order valence-electron chi connectivity index (χ3n) is 4.37. The maximum absolute atomic E-state index is 12.9. The Morgan fingerprint density at radius 3 is 2.67 bits per heavy atom. The number of aliphatic hydroxyl groups excluding tert-OH is 1. The van der Waals surface area contributed by atoms with Crippen LogP contribution in [0, 0.1) is 19.7 Å². The highest BCUT2D eigenvalue weighted by Gasteiger charge is 2.09. The number of rotatable bonds is 8.